The van der Waals surface area contributed by atoms with Gasteiger partial charge in [0.1, 0.15) is 6.67 Å². The predicted molar refractivity (Wildman–Crippen MR) is 84.5 cm³/mol. The van der Waals surface area contributed by atoms with Crippen molar-refractivity contribution in [1.29, 1.82) is 0 Å². The van der Waals surface area contributed by atoms with Gasteiger partial charge in [0, 0.05) is 51.2 Å². The van der Waals surface area contributed by atoms with E-state index in [0.29, 0.717) is 17.1 Å². The molecular formula is C17H14FN3OY-2. The summed E-state index contributed by atoms with van der Waals surface area (Å²) in [5.74, 6) is 6.07. The quantitative estimate of drug-likeness (QED) is 0.490. The summed E-state index contributed by atoms with van der Waals surface area (Å²) >= 11 is 0. The first-order chi connectivity index (χ1) is 10.8. The van der Waals surface area contributed by atoms with Crippen molar-refractivity contribution in [2.24, 2.45) is 4.99 Å². The summed E-state index contributed by atoms with van der Waals surface area (Å²) < 4.78 is 17.1. The molecule has 4 nitrogen and oxygen atoms in total. The number of ether oxygens (including phenoxy) is 1. The first kappa shape index (κ1) is 19.3. The summed E-state index contributed by atoms with van der Waals surface area (Å²) in [5.41, 5.74) is 2.13. The van der Waals surface area contributed by atoms with Crippen LogP contribution in [0.5, 0.6) is 5.75 Å². The molecule has 0 aliphatic rings. The van der Waals surface area contributed by atoms with Crippen LogP contribution < -0.4 is 10.1 Å². The second-order valence-corrected chi connectivity index (χ2v) is 4.10. The third-order valence-electron chi connectivity index (χ3n) is 2.59. The van der Waals surface area contributed by atoms with Gasteiger partial charge in [-0.15, -0.1) is 12.1 Å². The Labute approximate surface area is 160 Å². The fourth-order valence-corrected chi connectivity index (χ4v) is 1.51. The maximum atomic E-state index is 12.0. The number of aromatic nitrogens is 1. The molecule has 1 radical (unpaired) electrons. The van der Waals surface area contributed by atoms with E-state index in [9.17, 15) is 4.39 Å². The number of hydrogen-bond acceptors (Lipinski definition) is 4. The standard InChI is InChI=1S/C17H14FN3O.Y/c1-19-16-5-4-14(21-13-16)3-2-11-20-15-6-8-17(9-7-15)22-12-10-18;/h4-6,8-9,13,19H,10,12H2,1H3;/q-2;. The van der Waals surface area contributed by atoms with Gasteiger partial charge in [0.15, 0.2) is 0 Å². The van der Waals surface area contributed by atoms with Gasteiger partial charge >= 0.3 is 0 Å². The Morgan fingerprint density at radius 2 is 2.26 bits per heavy atom. The zero-order valence-electron chi connectivity index (χ0n) is 12.6. The van der Waals surface area contributed by atoms with Gasteiger partial charge in [0.05, 0.1) is 18.5 Å². The second kappa shape index (κ2) is 10.9. The molecule has 0 aliphatic heterocycles. The molecule has 0 amide bonds. The zero-order valence-corrected chi connectivity index (χ0v) is 15.5. The SMILES string of the molecule is CNc1ccc(C#C[C-]=Nc2[c-]cc(OCCF)cc2)nc1.[Y]. The minimum Gasteiger partial charge on any atom is -0.548 e. The number of hydrogen-bond donors (Lipinski definition) is 1. The van der Waals surface area contributed by atoms with E-state index in [1.807, 2.05) is 19.2 Å². The number of rotatable bonds is 5. The molecular weight excluding hydrogens is 370 g/mol. The van der Waals surface area contributed by atoms with Gasteiger partial charge in [-0.25, -0.2) is 10.5 Å². The molecule has 1 aromatic heterocycles. The number of benzene rings is 1. The van der Waals surface area contributed by atoms with Crippen molar-refractivity contribution in [2.45, 2.75) is 0 Å². The molecule has 0 saturated carbocycles. The van der Waals surface area contributed by atoms with Crippen LogP contribution in [0, 0.1) is 17.9 Å². The third kappa shape index (κ3) is 6.90. The van der Waals surface area contributed by atoms with E-state index in [1.54, 1.807) is 24.4 Å². The number of pyridine rings is 1. The molecule has 0 fully saturated rings. The van der Waals surface area contributed by atoms with E-state index >= 15 is 0 Å². The molecule has 0 bridgehead atoms. The monoisotopic (exact) mass is 384 g/mol. The van der Waals surface area contributed by atoms with Gasteiger partial charge in [-0.3, -0.25) is 4.98 Å². The number of halogens is 1. The summed E-state index contributed by atoms with van der Waals surface area (Å²) in [6, 6.07) is 11.6. The minimum atomic E-state index is -0.521. The van der Waals surface area contributed by atoms with E-state index < -0.39 is 6.67 Å². The van der Waals surface area contributed by atoms with Crippen LogP contribution in [0.2, 0.25) is 0 Å². The van der Waals surface area contributed by atoms with Crippen molar-refractivity contribution in [1.82, 2.24) is 4.98 Å². The number of aliphatic imine (C=N–C) groups is 1. The van der Waals surface area contributed by atoms with Crippen LogP contribution in [-0.2, 0) is 32.7 Å². The maximum Gasteiger partial charge on any atom is 0.122 e. The van der Waals surface area contributed by atoms with Gasteiger partial charge in [0.2, 0.25) is 0 Å². The minimum absolute atomic E-state index is 0. The van der Waals surface area contributed by atoms with Crippen LogP contribution in [0.3, 0.4) is 0 Å². The molecule has 2 aromatic rings. The Morgan fingerprint density at radius 1 is 1.39 bits per heavy atom. The summed E-state index contributed by atoms with van der Waals surface area (Å²) in [4.78, 5) is 8.19. The maximum absolute atomic E-state index is 12.0. The van der Waals surface area contributed by atoms with Gasteiger partial charge in [-0.1, -0.05) is 0 Å². The molecule has 0 spiro atoms. The number of nitrogens with one attached hydrogen (secondary N) is 1. The van der Waals surface area contributed by atoms with Crippen LogP contribution in [-0.4, -0.2) is 31.5 Å². The normalized spacial score (nSPS) is 9.65. The summed E-state index contributed by atoms with van der Waals surface area (Å²) in [6.45, 7) is -0.486. The van der Waals surface area contributed by atoms with Crippen LogP contribution >= 0.6 is 0 Å². The van der Waals surface area contributed by atoms with Crippen molar-refractivity contribution in [2.75, 3.05) is 25.6 Å². The Kier molecular flexibility index (Phi) is 9.12. The molecule has 0 aliphatic carbocycles. The molecule has 115 valence electrons. The molecule has 0 atom stereocenters. The molecule has 2 rings (SSSR count). The van der Waals surface area contributed by atoms with Gasteiger partial charge < -0.3 is 15.0 Å². The predicted octanol–water partition coefficient (Wildman–Crippen LogP) is 2.90. The second-order valence-electron chi connectivity index (χ2n) is 4.10. The van der Waals surface area contributed by atoms with E-state index in [4.69, 9.17) is 4.74 Å². The third-order valence-corrected chi connectivity index (χ3v) is 2.59. The van der Waals surface area contributed by atoms with Gasteiger partial charge in [-0.05, 0) is 18.3 Å². The van der Waals surface area contributed by atoms with Crippen molar-refractivity contribution in [3.05, 3.63) is 48.3 Å². The smallest absolute Gasteiger partial charge is 0.122 e. The largest absolute Gasteiger partial charge is 0.548 e. The van der Waals surface area contributed by atoms with Crippen LogP contribution in [0.25, 0.3) is 0 Å². The molecule has 0 saturated heterocycles. The first-order valence-electron chi connectivity index (χ1n) is 6.63. The molecule has 1 heterocycles. The number of anilines is 1. The average Bonchev–Trinajstić information content (AvgIpc) is 2.58. The van der Waals surface area contributed by atoms with Crippen LogP contribution in [0.4, 0.5) is 15.8 Å². The van der Waals surface area contributed by atoms with Crippen LogP contribution in [0.1, 0.15) is 5.69 Å². The number of nitrogens with zero attached hydrogens (tertiary/aromatic N) is 2. The fourth-order valence-electron chi connectivity index (χ4n) is 1.51. The molecule has 0 unspecified atom stereocenters. The Balaban J connectivity index is 0.00000264. The van der Waals surface area contributed by atoms with E-state index in [2.05, 4.69) is 39.4 Å². The van der Waals surface area contributed by atoms with Crippen LogP contribution in [0.15, 0.2) is 41.5 Å². The van der Waals surface area contributed by atoms with Crippen molar-refractivity contribution in [3.63, 3.8) is 0 Å². The zero-order chi connectivity index (χ0) is 15.6. The molecule has 1 aromatic carbocycles. The molecule has 6 heteroatoms. The average molecular weight is 384 g/mol. The van der Waals surface area contributed by atoms with E-state index in [-0.39, 0.29) is 39.3 Å². The summed E-state index contributed by atoms with van der Waals surface area (Å²) in [6.07, 6.45) is 4.32. The Morgan fingerprint density at radius 3 is 2.87 bits per heavy atom. The van der Waals surface area contributed by atoms with Gasteiger partial charge in [0.25, 0.3) is 0 Å². The Bertz CT molecular complexity index is 676. The first-order valence-corrected chi connectivity index (χ1v) is 6.63. The van der Waals surface area contributed by atoms with Crippen molar-refractivity contribution >= 4 is 17.6 Å². The summed E-state index contributed by atoms with van der Waals surface area (Å²) in [7, 11) is 1.83. The molecule has 1 N–H and O–H groups in total. The number of alkyl halides is 1. The van der Waals surface area contributed by atoms with Crippen molar-refractivity contribution < 1.29 is 41.8 Å². The fraction of sp³-hybridized carbons (Fsp3) is 0.176. The summed E-state index contributed by atoms with van der Waals surface area (Å²) in [5, 5.41) is 2.98. The Hall–Kier alpha value is -1.77. The van der Waals surface area contributed by atoms with E-state index in [1.165, 1.54) is 0 Å². The van der Waals surface area contributed by atoms with Crippen molar-refractivity contribution in [3.8, 4) is 17.6 Å². The van der Waals surface area contributed by atoms with Gasteiger partial charge in [-0.2, -0.15) is 23.6 Å². The molecule has 23 heavy (non-hydrogen) atoms. The topological polar surface area (TPSA) is 46.5 Å². The van der Waals surface area contributed by atoms with E-state index in [0.717, 1.165) is 5.69 Å².